The van der Waals surface area contributed by atoms with Gasteiger partial charge in [-0.15, -0.1) is 10.2 Å². The molecular formula is C18H20N4O6S. The highest BCUT2D eigenvalue weighted by molar-refractivity contribution is 7.99. The van der Waals surface area contributed by atoms with Crippen LogP contribution in [0.15, 0.2) is 23.4 Å². The largest absolute Gasteiger partial charge is 0.485 e. The second-order valence-electron chi connectivity index (χ2n) is 7.34. The van der Waals surface area contributed by atoms with Crippen LogP contribution in [0.4, 0.5) is 0 Å². The normalized spacial score (nSPS) is 15.3. The Balaban J connectivity index is 1.50. The van der Waals surface area contributed by atoms with Crippen LogP contribution in [0.2, 0.25) is 0 Å². The minimum atomic E-state index is -0.647. The summed E-state index contributed by atoms with van der Waals surface area (Å²) in [5.74, 6) is 1.62. The summed E-state index contributed by atoms with van der Waals surface area (Å²) in [4.78, 5) is 24.7. The quantitative estimate of drug-likeness (QED) is 0.665. The van der Waals surface area contributed by atoms with Crippen molar-refractivity contribution in [3.8, 4) is 17.2 Å². The lowest BCUT2D eigenvalue weighted by Crippen LogP contribution is -2.49. The molecule has 0 fully saturated rings. The molecule has 0 saturated heterocycles. The van der Waals surface area contributed by atoms with Gasteiger partial charge in [0.1, 0.15) is 24.5 Å². The molecule has 29 heavy (non-hydrogen) atoms. The Kier molecular flexibility index (Phi) is 4.99. The Hall–Kier alpha value is -2.95. The fourth-order valence-electron chi connectivity index (χ4n) is 2.80. The summed E-state index contributed by atoms with van der Waals surface area (Å²) in [5, 5.41) is 10.0. The number of carbonyl (C=O) groups is 2. The minimum Gasteiger partial charge on any atom is -0.485 e. The van der Waals surface area contributed by atoms with Gasteiger partial charge in [0.25, 0.3) is 5.91 Å². The number of aromatic nitrogens is 3. The van der Waals surface area contributed by atoms with Crippen molar-refractivity contribution >= 4 is 23.6 Å². The lowest BCUT2D eigenvalue weighted by atomic mass is 10.2. The summed E-state index contributed by atoms with van der Waals surface area (Å²) in [5.41, 5.74) is -0.647. The molecule has 0 spiro atoms. The molecule has 1 amide bonds. The van der Waals surface area contributed by atoms with Gasteiger partial charge < -0.3 is 18.9 Å². The van der Waals surface area contributed by atoms with Gasteiger partial charge in [-0.25, -0.2) is 9.69 Å². The van der Waals surface area contributed by atoms with Crippen LogP contribution < -0.4 is 19.2 Å². The number of hydrogen-bond donors (Lipinski definition) is 0. The molecule has 1 aromatic carbocycles. The maximum atomic E-state index is 12.5. The van der Waals surface area contributed by atoms with Crippen molar-refractivity contribution < 1.29 is 28.5 Å². The number of nitrogens with zero attached hydrogens (tertiary/aromatic N) is 4. The zero-order valence-electron chi connectivity index (χ0n) is 16.2. The minimum absolute atomic E-state index is 0.0469. The molecule has 154 valence electrons. The molecule has 0 atom stereocenters. The zero-order valence-corrected chi connectivity index (χ0v) is 17.0. The number of carbonyl (C=O) groups excluding carboxylic acids is 2. The van der Waals surface area contributed by atoms with Crippen molar-refractivity contribution in [2.24, 2.45) is 0 Å². The van der Waals surface area contributed by atoms with Crippen molar-refractivity contribution in [1.29, 1.82) is 0 Å². The predicted molar refractivity (Wildman–Crippen MR) is 102 cm³/mol. The van der Waals surface area contributed by atoms with Crippen LogP contribution >= 0.6 is 11.8 Å². The Morgan fingerprint density at radius 2 is 2.03 bits per heavy atom. The van der Waals surface area contributed by atoms with Crippen molar-refractivity contribution in [1.82, 2.24) is 14.9 Å². The maximum Gasteiger partial charge on any atom is 0.328 e. The van der Waals surface area contributed by atoms with Crippen molar-refractivity contribution in [3.63, 3.8) is 0 Å². The van der Waals surface area contributed by atoms with E-state index in [1.807, 2.05) is 0 Å². The average molecular weight is 420 g/mol. The third-order valence-electron chi connectivity index (χ3n) is 3.94. The van der Waals surface area contributed by atoms with Crippen LogP contribution in [0.3, 0.4) is 0 Å². The topological polar surface area (TPSA) is 105 Å². The first-order chi connectivity index (χ1) is 13.8. The molecule has 2 aliphatic heterocycles. The van der Waals surface area contributed by atoms with E-state index in [4.69, 9.17) is 18.9 Å². The van der Waals surface area contributed by atoms with E-state index in [0.29, 0.717) is 28.2 Å². The monoisotopic (exact) mass is 420 g/mol. The number of fused-ring (bicyclic) bond motifs is 2. The number of ether oxygens (including phenoxy) is 4. The van der Waals surface area contributed by atoms with E-state index in [1.165, 1.54) is 21.4 Å². The molecule has 0 radical (unpaired) electrons. The van der Waals surface area contributed by atoms with Crippen LogP contribution in [0, 0.1) is 0 Å². The van der Waals surface area contributed by atoms with Gasteiger partial charge in [-0.05, 0) is 32.9 Å². The standard InChI is InChI=1S/C18H20N4O6S/c1-18(2,3)28-16(24)7-21-15(23)9-29-17-20-19-14(22(17)21)8-25-11-4-5-12-13(6-11)27-10-26-12/h4-6H,7-10H2,1-3H3. The van der Waals surface area contributed by atoms with E-state index in [2.05, 4.69) is 10.2 Å². The fourth-order valence-corrected chi connectivity index (χ4v) is 3.63. The molecule has 11 heteroatoms. The van der Waals surface area contributed by atoms with Gasteiger partial charge in [0.05, 0.1) is 5.75 Å². The van der Waals surface area contributed by atoms with Crippen LogP contribution in [0.1, 0.15) is 26.6 Å². The molecular weight excluding hydrogens is 400 g/mol. The molecule has 1 aromatic heterocycles. The lowest BCUT2D eigenvalue weighted by Gasteiger charge is -2.29. The molecule has 10 nitrogen and oxygen atoms in total. The molecule has 0 saturated carbocycles. The highest BCUT2D eigenvalue weighted by Gasteiger charge is 2.32. The number of thioether (sulfide) groups is 1. The van der Waals surface area contributed by atoms with E-state index in [-0.39, 0.29) is 31.6 Å². The number of rotatable bonds is 5. The summed E-state index contributed by atoms with van der Waals surface area (Å²) >= 11 is 1.25. The average Bonchev–Trinajstić information content (AvgIpc) is 3.27. The Labute approximate surface area is 171 Å². The number of amides is 1. The molecule has 2 aromatic rings. The van der Waals surface area contributed by atoms with Crippen molar-refractivity contribution in [2.45, 2.75) is 38.1 Å². The summed E-state index contributed by atoms with van der Waals surface area (Å²) < 4.78 is 23.3. The molecule has 0 N–H and O–H groups in total. The van der Waals surface area contributed by atoms with Crippen LogP contribution in [-0.2, 0) is 20.9 Å². The van der Waals surface area contributed by atoms with E-state index >= 15 is 0 Å². The smallest absolute Gasteiger partial charge is 0.328 e. The molecule has 0 unspecified atom stereocenters. The molecule has 0 bridgehead atoms. The third kappa shape index (κ3) is 4.24. The Bertz CT molecular complexity index is 954. The first-order valence-corrected chi connectivity index (χ1v) is 9.91. The van der Waals surface area contributed by atoms with Crippen LogP contribution in [0.25, 0.3) is 0 Å². The van der Waals surface area contributed by atoms with Gasteiger partial charge in [0.2, 0.25) is 11.9 Å². The van der Waals surface area contributed by atoms with E-state index in [0.717, 1.165) is 0 Å². The van der Waals surface area contributed by atoms with E-state index < -0.39 is 11.6 Å². The Morgan fingerprint density at radius 3 is 2.83 bits per heavy atom. The summed E-state index contributed by atoms with van der Waals surface area (Å²) in [7, 11) is 0. The van der Waals surface area contributed by atoms with E-state index in [1.54, 1.807) is 39.0 Å². The van der Waals surface area contributed by atoms with Gasteiger partial charge >= 0.3 is 5.97 Å². The van der Waals surface area contributed by atoms with Gasteiger partial charge in [0.15, 0.2) is 17.3 Å². The first-order valence-electron chi connectivity index (χ1n) is 8.92. The van der Waals surface area contributed by atoms with Gasteiger partial charge in [-0.2, -0.15) is 0 Å². The van der Waals surface area contributed by atoms with Crippen LogP contribution in [0.5, 0.6) is 17.2 Å². The highest BCUT2D eigenvalue weighted by atomic mass is 32.2. The predicted octanol–water partition coefficient (Wildman–Crippen LogP) is 1.50. The zero-order chi connectivity index (χ0) is 20.6. The second-order valence-corrected chi connectivity index (χ2v) is 8.28. The summed E-state index contributed by atoms with van der Waals surface area (Å²) in [6, 6.07) is 5.22. The number of esters is 1. The fraction of sp³-hybridized carbons (Fsp3) is 0.444. The maximum absolute atomic E-state index is 12.5. The lowest BCUT2D eigenvalue weighted by molar-refractivity contribution is -0.154. The van der Waals surface area contributed by atoms with Gasteiger partial charge in [0, 0.05) is 6.07 Å². The molecule has 3 heterocycles. The SMILES string of the molecule is CC(C)(C)OC(=O)CN1C(=O)CSc2nnc(COc3ccc4c(c3)OCO4)n21. The summed E-state index contributed by atoms with van der Waals surface area (Å²) in [6.45, 7) is 5.30. The Morgan fingerprint density at radius 1 is 1.24 bits per heavy atom. The van der Waals surface area contributed by atoms with Gasteiger partial charge in [-0.1, -0.05) is 11.8 Å². The molecule has 2 aliphatic rings. The van der Waals surface area contributed by atoms with Crippen molar-refractivity contribution in [3.05, 3.63) is 24.0 Å². The summed E-state index contributed by atoms with van der Waals surface area (Å²) in [6.07, 6.45) is 0. The third-order valence-corrected chi connectivity index (χ3v) is 4.85. The first kappa shape index (κ1) is 19.4. The van der Waals surface area contributed by atoms with Crippen LogP contribution in [-0.4, -0.2) is 51.4 Å². The second kappa shape index (κ2) is 7.47. The molecule has 4 rings (SSSR count). The van der Waals surface area contributed by atoms with E-state index in [9.17, 15) is 9.59 Å². The van der Waals surface area contributed by atoms with Crippen molar-refractivity contribution in [2.75, 3.05) is 24.1 Å². The highest BCUT2D eigenvalue weighted by Crippen LogP contribution is 2.35. The van der Waals surface area contributed by atoms with Gasteiger partial charge in [-0.3, -0.25) is 9.59 Å². The molecule has 0 aliphatic carbocycles. The number of hydrogen-bond acceptors (Lipinski definition) is 9. The number of benzene rings is 1.